The Bertz CT molecular complexity index is 307. The lowest BCUT2D eigenvalue weighted by molar-refractivity contribution is -0.159. The number of esters is 1. The van der Waals surface area contributed by atoms with Gasteiger partial charge in [-0.25, -0.2) is 0 Å². The van der Waals surface area contributed by atoms with Crippen molar-refractivity contribution in [2.75, 3.05) is 24.7 Å². The second-order valence-corrected chi connectivity index (χ2v) is 6.14. The van der Waals surface area contributed by atoms with Gasteiger partial charge in [-0.1, -0.05) is 0 Å². The zero-order valence-corrected chi connectivity index (χ0v) is 12.2. The van der Waals surface area contributed by atoms with Crippen LogP contribution in [0.25, 0.3) is 0 Å². The molecule has 19 heavy (non-hydrogen) atoms. The van der Waals surface area contributed by atoms with Gasteiger partial charge in [-0.3, -0.25) is 4.79 Å². The largest absolute Gasteiger partial charge is 0.465 e. The van der Waals surface area contributed by atoms with Crippen LogP contribution in [0.5, 0.6) is 0 Å². The minimum absolute atomic E-state index is 0.123. The SMILES string of the molecule is CCOC(=O)C(N)CSCC1COC2(CCCC2)O1. The summed E-state index contributed by atoms with van der Waals surface area (Å²) >= 11 is 1.62. The molecule has 0 aromatic heterocycles. The Kier molecular flexibility index (Phi) is 5.50. The van der Waals surface area contributed by atoms with Crippen molar-refractivity contribution >= 4 is 17.7 Å². The number of thioether (sulfide) groups is 1. The first-order chi connectivity index (χ1) is 9.15. The zero-order chi connectivity index (χ0) is 13.7. The van der Waals surface area contributed by atoms with E-state index in [2.05, 4.69) is 0 Å². The molecule has 2 fully saturated rings. The normalized spacial score (nSPS) is 26.7. The molecule has 2 aliphatic rings. The highest BCUT2D eigenvalue weighted by molar-refractivity contribution is 7.99. The Labute approximate surface area is 118 Å². The van der Waals surface area contributed by atoms with E-state index in [1.54, 1.807) is 18.7 Å². The molecule has 0 aromatic rings. The average Bonchev–Trinajstić information content (AvgIpc) is 3.01. The Balaban J connectivity index is 1.63. The third-order valence-electron chi connectivity index (χ3n) is 3.47. The Morgan fingerprint density at radius 2 is 2.26 bits per heavy atom. The molecular formula is C13H23NO4S. The summed E-state index contributed by atoms with van der Waals surface area (Å²) < 4.78 is 16.7. The van der Waals surface area contributed by atoms with Gasteiger partial charge in [0.2, 0.25) is 0 Å². The zero-order valence-electron chi connectivity index (χ0n) is 11.4. The number of hydrogen-bond acceptors (Lipinski definition) is 6. The maximum absolute atomic E-state index is 11.4. The van der Waals surface area contributed by atoms with Gasteiger partial charge in [0.1, 0.15) is 6.04 Å². The Morgan fingerprint density at radius 1 is 1.53 bits per heavy atom. The fourth-order valence-corrected chi connectivity index (χ4v) is 3.47. The van der Waals surface area contributed by atoms with Crippen LogP contribution in [0.15, 0.2) is 0 Å². The highest BCUT2D eigenvalue weighted by Crippen LogP contribution is 2.39. The van der Waals surface area contributed by atoms with E-state index in [-0.39, 0.29) is 17.9 Å². The van der Waals surface area contributed by atoms with Crippen LogP contribution in [0, 0.1) is 0 Å². The molecule has 1 heterocycles. The molecule has 2 atom stereocenters. The van der Waals surface area contributed by atoms with Crippen LogP contribution in [0.4, 0.5) is 0 Å². The Hall–Kier alpha value is -0.300. The molecule has 1 aliphatic carbocycles. The summed E-state index contributed by atoms with van der Waals surface area (Å²) in [7, 11) is 0. The smallest absolute Gasteiger partial charge is 0.323 e. The lowest BCUT2D eigenvalue weighted by Crippen LogP contribution is -2.35. The van der Waals surface area contributed by atoms with E-state index in [0.29, 0.717) is 19.0 Å². The van der Waals surface area contributed by atoms with E-state index in [1.165, 1.54) is 12.8 Å². The van der Waals surface area contributed by atoms with Gasteiger partial charge in [-0.15, -0.1) is 0 Å². The molecule has 1 aliphatic heterocycles. The van der Waals surface area contributed by atoms with Gasteiger partial charge in [0.15, 0.2) is 5.79 Å². The van der Waals surface area contributed by atoms with Crippen molar-refractivity contribution in [3.8, 4) is 0 Å². The van der Waals surface area contributed by atoms with Crippen molar-refractivity contribution < 1.29 is 19.0 Å². The molecule has 5 nitrogen and oxygen atoms in total. The summed E-state index contributed by atoms with van der Waals surface area (Å²) in [5.74, 6) is 0.750. The molecule has 1 saturated heterocycles. The molecule has 0 bridgehead atoms. The lowest BCUT2D eigenvalue weighted by atomic mass is 10.2. The predicted octanol–water partition coefficient (Wildman–Crippen LogP) is 1.30. The first-order valence-corrected chi connectivity index (χ1v) is 8.12. The van der Waals surface area contributed by atoms with E-state index in [1.807, 2.05) is 0 Å². The van der Waals surface area contributed by atoms with Crippen LogP contribution in [0.2, 0.25) is 0 Å². The summed E-state index contributed by atoms with van der Waals surface area (Å²) in [5.41, 5.74) is 5.74. The van der Waals surface area contributed by atoms with Crippen molar-refractivity contribution in [3.05, 3.63) is 0 Å². The van der Waals surface area contributed by atoms with Crippen LogP contribution in [0.3, 0.4) is 0 Å². The topological polar surface area (TPSA) is 70.8 Å². The first-order valence-electron chi connectivity index (χ1n) is 6.97. The fraction of sp³-hybridized carbons (Fsp3) is 0.923. The second-order valence-electron chi connectivity index (χ2n) is 5.06. The average molecular weight is 289 g/mol. The number of carbonyl (C=O) groups is 1. The van der Waals surface area contributed by atoms with Gasteiger partial charge in [0.25, 0.3) is 0 Å². The summed E-state index contributed by atoms with van der Waals surface area (Å²) in [6.07, 6.45) is 4.52. The van der Waals surface area contributed by atoms with Gasteiger partial charge < -0.3 is 19.9 Å². The van der Waals surface area contributed by atoms with Crippen LogP contribution in [-0.4, -0.2) is 48.6 Å². The molecule has 1 spiro atoms. The molecule has 0 aromatic carbocycles. The molecular weight excluding hydrogens is 266 g/mol. The molecule has 2 N–H and O–H groups in total. The standard InChI is InChI=1S/C13H23NO4S/c1-2-16-12(15)11(14)9-19-8-10-7-17-13(18-10)5-3-4-6-13/h10-11H,2-9,14H2,1H3. The van der Waals surface area contributed by atoms with E-state index in [9.17, 15) is 4.79 Å². The van der Waals surface area contributed by atoms with Gasteiger partial charge in [0.05, 0.1) is 19.3 Å². The molecule has 0 radical (unpaired) electrons. The third kappa shape index (κ3) is 4.08. The van der Waals surface area contributed by atoms with Crippen molar-refractivity contribution in [2.45, 2.75) is 50.5 Å². The summed E-state index contributed by atoms with van der Waals surface area (Å²) in [6.45, 7) is 2.81. The second kappa shape index (κ2) is 6.92. The maximum Gasteiger partial charge on any atom is 0.323 e. The molecule has 0 amide bonds. The predicted molar refractivity (Wildman–Crippen MR) is 74.0 cm³/mol. The summed E-state index contributed by atoms with van der Waals surface area (Å²) in [4.78, 5) is 11.4. The molecule has 1 saturated carbocycles. The van der Waals surface area contributed by atoms with Gasteiger partial charge >= 0.3 is 5.97 Å². The van der Waals surface area contributed by atoms with Gasteiger partial charge in [-0.05, 0) is 19.8 Å². The molecule has 2 rings (SSSR count). The van der Waals surface area contributed by atoms with Crippen LogP contribution in [0.1, 0.15) is 32.6 Å². The monoisotopic (exact) mass is 289 g/mol. The quantitative estimate of drug-likeness (QED) is 0.743. The van der Waals surface area contributed by atoms with Crippen LogP contribution >= 0.6 is 11.8 Å². The number of carbonyl (C=O) groups excluding carboxylic acids is 1. The summed E-state index contributed by atoms with van der Waals surface area (Å²) in [6, 6.07) is -0.548. The Morgan fingerprint density at radius 3 is 2.95 bits per heavy atom. The van der Waals surface area contributed by atoms with E-state index < -0.39 is 6.04 Å². The van der Waals surface area contributed by atoms with Gasteiger partial charge in [0, 0.05) is 24.3 Å². The number of hydrogen-bond donors (Lipinski definition) is 1. The van der Waals surface area contributed by atoms with E-state index >= 15 is 0 Å². The fourth-order valence-electron chi connectivity index (χ4n) is 2.52. The maximum atomic E-state index is 11.4. The lowest BCUT2D eigenvalue weighted by Gasteiger charge is -2.21. The third-order valence-corrected chi connectivity index (χ3v) is 4.67. The van der Waals surface area contributed by atoms with E-state index in [4.69, 9.17) is 19.9 Å². The van der Waals surface area contributed by atoms with E-state index in [0.717, 1.165) is 18.6 Å². The van der Waals surface area contributed by atoms with Crippen molar-refractivity contribution in [1.82, 2.24) is 0 Å². The van der Waals surface area contributed by atoms with Crippen molar-refractivity contribution in [3.63, 3.8) is 0 Å². The number of ether oxygens (including phenoxy) is 3. The minimum Gasteiger partial charge on any atom is -0.465 e. The number of rotatable bonds is 6. The highest BCUT2D eigenvalue weighted by Gasteiger charge is 2.43. The van der Waals surface area contributed by atoms with Crippen LogP contribution < -0.4 is 5.73 Å². The summed E-state index contributed by atoms with van der Waals surface area (Å²) in [5, 5.41) is 0. The molecule has 110 valence electrons. The van der Waals surface area contributed by atoms with Gasteiger partial charge in [-0.2, -0.15) is 11.8 Å². The van der Waals surface area contributed by atoms with Crippen molar-refractivity contribution in [1.29, 1.82) is 0 Å². The number of nitrogens with two attached hydrogens (primary N) is 1. The minimum atomic E-state index is -0.548. The first kappa shape index (κ1) is 15.1. The molecule has 6 heteroatoms. The molecule has 2 unspecified atom stereocenters. The van der Waals surface area contributed by atoms with Crippen molar-refractivity contribution in [2.24, 2.45) is 5.73 Å². The van der Waals surface area contributed by atoms with Crippen LogP contribution in [-0.2, 0) is 19.0 Å². The highest BCUT2D eigenvalue weighted by atomic mass is 32.2.